The van der Waals surface area contributed by atoms with E-state index in [0.717, 1.165) is 0 Å². The Kier molecular flexibility index (Phi) is 20.8. The molecule has 53 heavy (non-hydrogen) atoms. The third-order valence-electron chi connectivity index (χ3n) is 7.71. The van der Waals surface area contributed by atoms with Crippen LogP contribution in [-0.4, -0.2) is 161 Å². The van der Waals surface area contributed by atoms with Crippen LogP contribution in [0.5, 0.6) is 5.75 Å². The smallest absolute Gasteiger partial charge is 0.335 e. The Hall–Kier alpha value is -3.75. The monoisotopic (exact) mass is 752 g/mol. The van der Waals surface area contributed by atoms with Gasteiger partial charge in [-0.3, -0.25) is 9.59 Å². The number of benzene rings is 2. The second kappa shape index (κ2) is 25.3. The van der Waals surface area contributed by atoms with Gasteiger partial charge in [-0.1, -0.05) is 30.3 Å². The average molecular weight is 753 g/mol. The van der Waals surface area contributed by atoms with E-state index in [0.29, 0.717) is 76.2 Å². The largest absolute Gasteiger partial charge is 0.483 e. The van der Waals surface area contributed by atoms with Gasteiger partial charge in [0.15, 0.2) is 12.9 Å². The highest BCUT2D eigenvalue weighted by atomic mass is 16.7. The van der Waals surface area contributed by atoms with Crippen molar-refractivity contribution in [2.24, 2.45) is 0 Å². The number of ether oxygens (including phenoxy) is 8. The molecule has 1 heterocycles. The van der Waals surface area contributed by atoms with Crippen molar-refractivity contribution in [1.82, 2.24) is 10.6 Å². The normalized spacial score (nSPS) is 19.8. The minimum Gasteiger partial charge on any atom is -0.483 e. The van der Waals surface area contributed by atoms with E-state index in [1.807, 2.05) is 6.07 Å². The van der Waals surface area contributed by atoms with E-state index in [1.54, 1.807) is 43.3 Å². The second-order valence-electron chi connectivity index (χ2n) is 11.7. The summed E-state index contributed by atoms with van der Waals surface area (Å²) in [7, 11) is 0. The van der Waals surface area contributed by atoms with Crippen LogP contribution >= 0.6 is 0 Å². The minimum absolute atomic E-state index is 0.0959. The number of amides is 2. The molecule has 5 atom stereocenters. The maximum Gasteiger partial charge on any atom is 0.335 e. The van der Waals surface area contributed by atoms with E-state index in [1.165, 1.54) is 6.07 Å². The molecule has 0 aromatic heterocycles. The van der Waals surface area contributed by atoms with Crippen molar-refractivity contribution < 1.29 is 72.7 Å². The van der Waals surface area contributed by atoms with Crippen LogP contribution in [0.4, 0.5) is 0 Å². The van der Waals surface area contributed by atoms with Crippen molar-refractivity contribution in [2.45, 2.75) is 44.1 Å². The predicted molar refractivity (Wildman–Crippen MR) is 187 cm³/mol. The molecule has 0 radical (unpaired) electrons. The summed E-state index contributed by atoms with van der Waals surface area (Å²) in [6, 6.07) is 13.6. The minimum atomic E-state index is -1.37. The quantitative estimate of drug-likeness (QED) is 0.0659. The van der Waals surface area contributed by atoms with Gasteiger partial charge in [0.25, 0.3) is 5.91 Å². The third kappa shape index (κ3) is 16.9. The van der Waals surface area contributed by atoms with Gasteiger partial charge in [-0.25, -0.2) is 4.79 Å². The van der Waals surface area contributed by atoms with E-state index in [-0.39, 0.29) is 56.8 Å². The number of carbonyl (C=O) groups excluding carboxylic acids is 2. The number of hydrogen-bond acceptors (Lipinski definition) is 14. The Morgan fingerprint density at radius 1 is 0.679 bits per heavy atom. The van der Waals surface area contributed by atoms with Crippen molar-refractivity contribution in [3.63, 3.8) is 0 Å². The standard InChI is InChI=1S/C36H52N2O15/c1-25-32(41)33(42)34(43)36(53-25)51-22-21-48-13-10-37-30(39)9-12-46-15-17-49-19-20-50-18-16-47-14-11-38-31(40)24-52-29-8-3-2-7-28(29)26-5-4-6-27(23-26)35(44)45/h2-8,23,25,32-34,36,41-43H,9-22,24H2,1H3,(H,37,39)(H,38,40)(H,44,45)/t25-,32-,33+,34+,36+/m0/s1. The van der Waals surface area contributed by atoms with E-state index in [4.69, 9.17) is 37.9 Å². The lowest BCUT2D eigenvalue weighted by atomic mass is 10.0. The fourth-order valence-corrected chi connectivity index (χ4v) is 4.86. The maximum absolute atomic E-state index is 12.2. The van der Waals surface area contributed by atoms with Crippen LogP contribution in [0.15, 0.2) is 48.5 Å². The van der Waals surface area contributed by atoms with Crippen molar-refractivity contribution in [3.8, 4) is 16.9 Å². The number of aliphatic hydroxyl groups excluding tert-OH is 3. The number of para-hydroxylation sites is 1. The third-order valence-corrected chi connectivity index (χ3v) is 7.71. The van der Waals surface area contributed by atoms with E-state index >= 15 is 0 Å². The molecule has 0 bridgehead atoms. The van der Waals surface area contributed by atoms with Crippen molar-refractivity contribution in [3.05, 3.63) is 54.1 Å². The molecule has 0 aliphatic carbocycles. The van der Waals surface area contributed by atoms with Crippen molar-refractivity contribution in [1.29, 1.82) is 0 Å². The van der Waals surface area contributed by atoms with Gasteiger partial charge in [0.1, 0.15) is 24.1 Å². The summed E-state index contributed by atoms with van der Waals surface area (Å²) in [6.07, 6.45) is -5.47. The van der Waals surface area contributed by atoms with Gasteiger partial charge in [0.2, 0.25) is 5.91 Å². The second-order valence-corrected chi connectivity index (χ2v) is 11.7. The molecular weight excluding hydrogens is 700 g/mol. The summed E-state index contributed by atoms with van der Waals surface area (Å²) in [4.78, 5) is 35.5. The molecule has 1 aliphatic heterocycles. The van der Waals surface area contributed by atoms with Crippen LogP contribution in [0.3, 0.4) is 0 Å². The summed E-state index contributed by atoms with van der Waals surface area (Å²) in [5.74, 6) is -1.06. The number of nitrogens with one attached hydrogen (secondary N) is 2. The number of aliphatic hydroxyl groups is 3. The van der Waals surface area contributed by atoms with Gasteiger partial charge in [-0.05, 0) is 30.7 Å². The number of carbonyl (C=O) groups is 3. The summed E-state index contributed by atoms with van der Waals surface area (Å²) >= 11 is 0. The zero-order valence-electron chi connectivity index (χ0n) is 29.9. The SMILES string of the molecule is C[C@@H]1O[C@@H](OCCOCCNC(=O)CCOCCOCCOCCOCCNC(=O)COc2ccccc2-c2cccc(C(=O)O)c2)[C@H](O)[C@H](O)[C@H]1O. The van der Waals surface area contributed by atoms with Crippen molar-refractivity contribution >= 4 is 17.8 Å². The highest BCUT2D eigenvalue weighted by Crippen LogP contribution is 2.30. The lowest BCUT2D eigenvalue weighted by molar-refractivity contribution is -0.294. The highest BCUT2D eigenvalue weighted by molar-refractivity contribution is 5.90. The first-order chi connectivity index (χ1) is 25.7. The molecule has 2 aromatic carbocycles. The Bertz CT molecular complexity index is 1370. The lowest BCUT2D eigenvalue weighted by Crippen LogP contribution is -2.57. The molecule has 6 N–H and O–H groups in total. The molecule has 0 saturated carbocycles. The Labute approximate surface area is 308 Å². The van der Waals surface area contributed by atoms with Gasteiger partial charge < -0.3 is 69.0 Å². The molecule has 2 amide bonds. The van der Waals surface area contributed by atoms with Crippen LogP contribution in [0.2, 0.25) is 0 Å². The summed E-state index contributed by atoms with van der Waals surface area (Å²) in [5, 5.41) is 44.1. The molecule has 0 unspecified atom stereocenters. The lowest BCUT2D eigenvalue weighted by Gasteiger charge is -2.38. The Balaban J connectivity index is 1.06. The topological polar surface area (TPSA) is 230 Å². The van der Waals surface area contributed by atoms with Crippen molar-refractivity contribution in [2.75, 3.05) is 92.4 Å². The molecule has 2 aromatic rings. The fraction of sp³-hybridized carbons (Fsp3) is 0.583. The van der Waals surface area contributed by atoms with Crippen LogP contribution in [0.25, 0.3) is 11.1 Å². The molecule has 0 spiro atoms. The van der Waals surface area contributed by atoms with Gasteiger partial charge in [0.05, 0.1) is 84.3 Å². The summed E-state index contributed by atoms with van der Waals surface area (Å²) in [5.41, 5.74) is 1.51. The number of carboxylic acids is 1. The molecule has 296 valence electrons. The fourth-order valence-electron chi connectivity index (χ4n) is 4.86. The summed E-state index contributed by atoms with van der Waals surface area (Å²) in [6.45, 7) is 5.18. The van der Waals surface area contributed by atoms with E-state index < -0.39 is 36.7 Å². The van der Waals surface area contributed by atoms with Gasteiger partial charge in [-0.15, -0.1) is 0 Å². The first kappa shape index (κ1) is 43.7. The first-order valence-corrected chi connectivity index (χ1v) is 17.5. The number of aromatic carboxylic acids is 1. The molecular formula is C36H52N2O15. The predicted octanol–water partition coefficient (Wildman–Crippen LogP) is -0.0198. The van der Waals surface area contributed by atoms with Gasteiger partial charge in [-0.2, -0.15) is 0 Å². The Morgan fingerprint density at radius 2 is 1.26 bits per heavy atom. The zero-order chi connectivity index (χ0) is 38.3. The van der Waals surface area contributed by atoms with Crippen LogP contribution < -0.4 is 15.4 Å². The van der Waals surface area contributed by atoms with Crippen LogP contribution in [0.1, 0.15) is 23.7 Å². The van der Waals surface area contributed by atoms with Gasteiger partial charge >= 0.3 is 5.97 Å². The molecule has 17 heteroatoms. The molecule has 17 nitrogen and oxygen atoms in total. The van der Waals surface area contributed by atoms with Crippen LogP contribution in [-0.2, 0) is 42.7 Å². The number of rotatable bonds is 27. The van der Waals surface area contributed by atoms with Gasteiger partial charge in [0, 0.05) is 25.1 Å². The maximum atomic E-state index is 12.2. The molecule has 1 saturated heterocycles. The molecule has 1 fully saturated rings. The van der Waals surface area contributed by atoms with E-state index in [9.17, 15) is 34.8 Å². The number of hydrogen-bond donors (Lipinski definition) is 6. The molecule has 1 aliphatic rings. The molecule has 3 rings (SSSR count). The Morgan fingerprint density at radius 3 is 1.92 bits per heavy atom. The zero-order valence-corrected chi connectivity index (χ0v) is 29.9. The first-order valence-electron chi connectivity index (χ1n) is 17.5. The van der Waals surface area contributed by atoms with Crippen LogP contribution in [0, 0.1) is 0 Å². The van der Waals surface area contributed by atoms with E-state index in [2.05, 4.69) is 10.6 Å². The summed E-state index contributed by atoms with van der Waals surface area (Å²) < 4.78 is 43.5. The number of carboxylic acid groups (broad SMARTS) is 1. The highest BCUT2D eigenvalue weighted by Gasteiger charge is 2.42. The average Bonchev–Trinajstić information content (AvgIpc) is 3.16.